The predicted octanol–water partition coefficient (Wildman–Crippen LogP) is 7.45. The summed E-state index contributed by atoms with van der Waals surface area (Å²) in [5.41, 5.74) is 1.05. The first-order valence-electron chi connectivity index (χ1n) is 16.9. The SMILES string of the molecule is [C-]#[N+]c1c(OCCCC2CO2)ccc(C(=O)Oc2ccc(OC(=O)c3ccc(OCCCC4CO4)c(C#N)c3[N+]#[C-])c3c2C2CCC3C2)c1C#N. The van der Waals surface area contributed by atoms with E-state index in [1.54, 1.807) is 12.1 Å². The Kier molecular flexibility index (Phi) is 9.55. The number of ether oxygens (including phenoxy) is 6. The number of hydrogen-bond donors (Lipinski definition) is 0. The third-order valence-electron chi connectivity index (χ3n) is 9.69. The van der Waals surface area contributed by atoms with E-state index < -0.39 is 11.9 Å². The van der Waals surface area contributed by atoms with Crippen LogP contribution >= 0.6 is 0 Å². The summed E-state index contributed by atoms with van der Waals surface area (Å²) in [6, 6.07) is 13.0. The second-order valence-corrected chi connectivity index (χ2v) is 12.9. The van der Waals surface area contributed by atoms with Gasteiger partial charge in [0.15, 0.2) is 0 Å². The Bertz CT molecular complexity index is 1930. The molecule has 0 amide bonds. The average molecular weight is 685 g/mol. The van der Waals surface area contributed by atoms with Crippen molar-refractivity contribution in [2.75, 3.05) is 26.4 Å². The maximum Gasteiger partial charge on any atom is 0.343 e. The Hall–Kier alpha value is -5.92. The standard InChI is InChI=1S/C39H32N4O8/c1-42-36-27(10-11-30(29(36)19-41)46-15-3-5-24-20-48-24)39(45)51-32-14-13-31(34-22-7-8-23(17-22)35(32)34)50-38(44)26-9-12-33(37(43-2)28(26)18-40)47-16-4-6-25-21-49-25/h9-14,22-25H,3-8,15-17,20-21H2. The molecule has 3 aromatic carbocycles. The summed E-state index contributed by atoms with van der Waals surface area (Å²) < 4.78 is 33.8. The van der Waals surface area contributed by atoms with Crippen LogP contribution in [0.3, 0.4) is 0 Å². The lowest BCUT2D eigenvalue weighted by Crippen LogP contribution is -2.15. The van der Waals surface area contributed by atoms with Crippen molar-refractivity contribution >= 4 is 23.3 Å². The molecule has 2 saturated heterocycles. The smallest absolute Gasteiger partial charge is 0.343 e. The van der Waals surface area contributed by atoms with E-state index in [0.29, 0.717) is 24.7 Å². The first kappa shape index (κ1) is 33.6. The van der Waals surface area contributed by atoms with Gasteiger partial charge in [-0.25, -0.2) is 19.3 Å². The zero-order valence-electron chi connectivity index (χ0n) is 27.6. The molecule has 2 aliphatic carbocycles. The van der Waals surface area contributed by atoms with Gasteiger partial charge in [0.05, 0.1) is 80.6 Å². The third kappa shape index (κ3) is 6.94. The number of carbonyl (C=O) groups excluding carboxylic acids is 2. The topological polar surface area (TPSA) is 152 Å². The fourth-order valence-electron chi connectivity index (χ4n) is 7.05. The predicted molar refractivity (Wildman–Crippen MR) is 179 cm³/mol. The van der Waals surface area contributed by atoms with Crippen molar-refractivity contribution in [3.63, 3.8) is 0 Å². The van der Waals surface area contributed by atoms with E-state index in [0.717, 1.165) is 69.3 Å². The fraction of sp³-hybridized carbons (Fsp3) is 0.385. The Morgan fingerprint density at radius 2 is 1.20 bits per heavy atom. The van der Waals surface area contributed by atoms with Crippen LogP contribution in [-0.2, 0) is 9.47 Å². The van der Waals surface area contributed by atoms with Crippen molar-refractivity contribution in [3.8, 4) is 35.1 Å². The highest BCUT2D eigenvalue weighted by Crippen LogP contribution is 2.59. The van der Waals surface area contributed by atoms with Gasteiger partial charge in [-0.2, -0.15) is 10.5 Å². The molecule has 2 heterocycles. The zero-order chi connectivity index (χ0) is 35.5. The first-order chi connectivity index (χ1) is 24.9. The van der Waals surface area contributed by atoms with E-state index >= 15 is 0 Å². The molecule has 3 aromatic rings. The molecular weight excluding hydrogens is 652 g/mol. The van der Waals surface area contributed by atoms with Gasteiger partial charge in [0.1, 0.15) is 28.6 Å². The highest BCUT2D eigenvalue weighted by Gasteiger charge is 2.42. The van der Waals surface area contributed by atoms with Gasteiger partial charge in [-0.15, -0.1) is 0 Å². The molecule has 4 atom stereocenters. The highest BCUT2D eigenvalue weighted by atomic mass is 16.6. The Labute approximate surface area is 294 Å². The van der Waals surface area contributed by atoms with Gasteiger partial charge in [-0.3, -0.25) is 0 Å². The number of epoxide rings is 2. The second kappa shape index (κ2) is 14.5. The summed E-state index contributed by atoms with van der Waals surface area (Å²) in [6.45, 7) is 17.6. The maximum absolute atomic E-state index is 13.6. The van der Waals surface area contributed by atoms with E-state index in [4.69, 9.17) is 41.6 Å². The molecule has 0 aromatic heterocycles. The molecule has 12 heteroatoms. The van der Waals surface area contributed by atoms with E-state index in [1.807, 2.05) is 12.1 Å². The number of esters is 2. The number of benzene rings is 3. The number of carbonyl (C=O) groups is 2. The maximum atomic E-state index is 13.6. The molecule has 1 saturated carbocycles. The lowest BCUT2D eigenvalue weighted by atomic mass is 9.90. The Morgan fingerprint density at radius 1 is 0.706 bits per heavy atom. The molecule has 3 fully saturated rings. The van der Waals surface area contributed by atoms with E-state index in [1.165, 1.54) is 24.3 Å². The van der Waals surface area contributed by atoms with Crippen molar-refractivity contribution in [3.05, 3.63) is 92.6 Å². The van der Waals surface area contributed by atoms with Gasteiger partial charge in [-0.1, -0.05) is 6.07 Å². The molecule has 0 spiro atoms. The number of nitriles is 2. The van der Waals surface area contributed by atoms with Crippen molar-refractivity contribution < 1.29 is 38.0 Å². The third-order valence-corrected chi connectivity index (χ3v) is 9.69. The Morgan fingerprint density at radius 3 is 1.73 bits per heavy atom. The summed E-state index contributed by atoms with van der Waals surface area (Å²) in [6.07, 6.45) is 6.19. The summed E-state index contributed by atoms with van der Waals surface area (Å²) in [4.78, 5) is 34.1. The summed E-state index contributed by atoms with van der Waals surface area (Å²) in [7, 11) is 0. The molecular formula is C39H32N4O8. The largest absolute Gasteiger partial charge is 0.505 e. The van der Waals surface area contributed by atoms with Gasteiger partial charge in [0, 0.05) is 11.1 Å². The second-order valence-electron chi connectivity index (χ2n) is 12.9. The molecule has 4 unspecified atom stereocenters. The average Bonchev–Trinajstić information content (AvgIpc) is 4.08. The van der Waals surface area contributed by atoms with Crippen LogP contribution in [0.25, 0.3) is 9.69 Å². The Balaban J connectivity index is 1.10. The normalized spacial score (nSPS) is 20.2. The summed E-state index contributed by atoms with van der Waals surface area (Å²) in [5, 5.41) is 19.8. The number of nitrogens with zero attached hydrogens (tertiary/aromatic N) is 4. The van der Waals surface area contributed by atoms with Crippen LogP contribution in [0.1, 0.15) is 99.8 Å². The first-order valence-corrected chi connectivity index (χ1v) is 16.9. The van der Waals surface area contributed by atoms with Crippen LogP contribution in [0.15, 0.2) is 36.4 Å². The summed E-state index contributed by atoms with van der Waals surface area (Å²) in [5.74, 6) is -0.400. The minimum atomic E-state index is -0.794. The molecule has 7 rings (SSSR count). The van der Waals surface area contributed by atoms with Gasteiger partial charge >= 0.3 is 11.9 Å². The highest BCUT2D eigenvalue weighted by molar-refractivity contribution is 6.00. The van der Waals surface area contributed by atoms with Crippen molar-refractivity contribution in [1.82, 2.24) is 0 Å². The molecule has 2 aliphatic heterocycles. The molecule has 0 N–H and O–H groups in total. The van der Waals surface area contributed by atoms with Crippen LogP contribution in [-0.4, -0.2) is 50.6 Å². The molecule has 2 bridgehead atoms. The lowest BCUT2D eigenvalue weighted by Gasteiger charge is -2.22. The molecule has 256 valence electrons. The van der Waals surface area contributed by atoms with Crippen LogP contribution in [0.4, 0.5) is 11.4 Å². The molecule has 12 nitrogen and oxygen atoms in total. The van der Waals surface area contributed by atoms with Crippen LogP contribution in [0.2, 0.25) is 0 Å². The fourth-order valence-corrected chi connectivity index (χ4v) is 7.05. The minimum absolute atomic E-state index is 0.0324. The zero-order valence-corrected chi connectivity index (χ0v) is 27.6. The van der Waals surface area contributed by atoms with E-state index in [-0.39, 0.29) is 69.2 Å². The molecule has 0 radical (unpaired) electrons. The molecule has 4 aliphatic rings. The van der Waals surface area contributed by atoms with Crippen molar-refractivity contribution in [2.45, 2.75) is 69.0 Å². The van der Waals surface area contributed by atoms with Crippen LogP contribution in [0, 0.1) is 35.8 Å². The molecule has 51 heavy (non-hydrogen) atoms. The quantitative estimate of drug-likeness (QED) is 0.0550. The van der Waals surface area contributed by atoms with E-state index in [9.17, 15) is 20.1 Å². The van der Waals surface area contributed by atoms with Gasteiger partial charge in [0.25, 0.3) is 0 Å². The van der Waals surface area contributed by atoms with Crippen molar-refractivity contribution in [2.24, 2.45) is 0 Å². The van der Waals surface area contributed by atoms with Gasteiger partial charge in [-0.05, 0) is 87.1 Å². The number of fused-ring (bicyclic) bond motifs is 5. The van der Waals surface area contributed by atoms with Gasteiger partial charge < -0.3 is 28.4 Å². The minimum Gasteiger partial charge on any atom is -0.505 e. The summed E-state index contributed by atoms with van der Waals surface area (Å²) >= 11 is 0. The number of rotatable bonds is 14. The number of hydrogen-bond acceptors (Lipinski definition) is 10. The van der Waals surface area contributed by atoms with Crippen LogP contribution in [0.5, 0.6) is 23.0 Å². The van der Waals surface area contributed by atoms with Crippen LogP contribution < -0.4 is 18.9 Å². The van der Waals surface area contributed by atoms with E-state index in [2.05, 4.69) is 9.69 Å². The van der Waals surface area contributed by atoms with Gasteiger partial charge in [0.2, 0.25) is 11.4 Å². The monoisotopic (exact) mass is 684 g/mol. The lowest BCUT2D eigenvalue weighted by molar-refractivity contribution is 0.0716. The van der Waals surface area contributed by atoms with Crippen molar-refractivity contribution in [1.29, 1.82) is 10.5 Å².